The highest BCUT2D eigenvalue weighted by Crippen LogP contribution is 2.28. The fraction of sp³-hybridized carbons (Fsp3) is 0.357. The summed E-state index contributed by atoms with van der Waals surface area (Å²) in [5.74, 6) is -0.870. The Morgan fingerprint density at radius 1 is 1.27 bits per heavy atom. The molecule has 22 heavy (non-hydrogen) atoms. The molecular weight excluding hydrogens is 329 g/mol. The second-order valence-corrected chi connectivity index (χ2v) is 6.34. The minimum atomic E-state index is -0.850. The first-order chi connectivity index (χ1) is 10.2. The highest BCUT2D eigenvalue weighted by atomic mass is 35.5. The zero-order valence-electron chi connectivity index (χ0n) is 12.0. The molecule has 1 aromatic rings. The molecule has 6 nitrogen and oxygen atoms in total. The largest absolute Gasteiger partial charge is 0.347 e. The van der Waals surface area contributed by atoms with Gasteiger partial charge in [-0.2, -0.15) is 0 Å². The maximum atomic E-state index is 12.1. The Kier molecular flexibility index (Phi) is 4.63. The number of hydrogen-bond acceptors (Lipinski definition) is 3. The molecule has 0 aliphatic carbocycles. The zero-order valence-corrected chi connectivity index (χ0v) is 13.5. The fourth-order valence-corrected chi connectivity index (χ4v) is 2.44. The summed E-state index contributed by atoms with van der Waals surface area (Å²) in [6.07, 6.45) is -0.137. The number of carbonyl (C=O) groups excluding carboxylic acids is 3. The van der Waals surface area contributed by atoms with Gasteiger partial charge < -0.3 is 10.6 Å². The van der Waals surface area contributed by atoms with Crippen molar-refractivity contribution in [2.75, 3.05) is 0 Å². The fourth-order valence-electron chi connectivity index (χ4n) is 2.14. The Balaban J connectivity index is 2.04. The van der Waals surface area contributed by atoms with Crippen molar-refractivity contribution < 1.29 is 14.4 Å². The molecule has 1 fully saturated rings. The monoisotopic (exact) mass is 343 g/mol. The highest BCUT2D eigenvalue weighted by Gasteiger charge is 2.33. The van der Waals surface area contributed by atoms with Gasteiger partial charge in [0.1, 0.15) is 6.04 Å². The van der Waals surface area contributed by atoms with Crippen molar-refractivity contribution in [1.29, 1.82) is 0 Å². The van der Waals surface area contributed by atoms with Crippen LogP contribution in [0.25, 0.3) is 0 Å². The van der Waals surface area contributed by atoms with E-state index in [4.69, 9.17) is 23.2 Å². The molecule has 2 rings (SSSR count). The maximum absolute atomic E-state index is 12.1. The third kappa shape index (κ3) is 3.69. The number of benzene rings is 1. The first-order valence-electron chi connectivity index (χ1n) is 6.57. The van der Waals surface area contributed by atoms with Crippen LogP contribution in [0.4, 0.5) is 4.79 Å². The van der Waals surface area contributed by atoms with Gasteiger partial charge in [0, 0.05) is 0 Å². The summed E-state index contributed by atoms with van der Waals surface area (Å²) in [5.41, 5.74) is 0.0693. The van der Waals surface area contributed by atoms with Crippen LogP contribution >= 0.6 is 23.2 Å². The minimum absolute atomic E-state index is 0.137. The number of carbonyl (C=O) groups is 3. The molecule has 1 aliphatic rings. The Bertz CT molecular complexity index is 646. The van der Waals surface area contributed by atoms with E-state index in [0.29, 0.717) is 10.0 Å². The van der Waals surface area contributed by atoms with Gasteiger partial charge in [-0.25, -0.2) is 4.79 Å². The molecule has 0 radical (unpaired) electrons. The lowest BCUT2D eigenvalue weighted by atomic mass is 9.94. The molecular formula is C14H15Cl2N3O3. The number of hydrogen-bond donors (Lipinski definition) is 3. The first kappa shape index (κ1) is 16.6. The SMILES string of the molecule is CC(C)(NC(=O)C[C@H]1NC(=O)NC1=O)c1ccc(Cl)c(Cl)c1. The molecule has 0 saturated carbocycles. The van der Waals surface area contributed by atoms with Crippen LogP contribution in [0.1, 0.15) is 25.8 Å². The molecule has 0 bridgehead atoms. The number of rotatable bonds is 4. The molecule has 118 valence electrons. The van der Waals surface area contributed by atoms with E-state index in [1.807, 2.05) is 0 Å². The molecule has 1 aliphatic heterocycles. The molecule has 1 atom stereocenters. The molecule has 1 saturated heterocycles. The Labute approximate surface area is 137 Å². The van der Waals surface area contributed by atoms with Crippen molar-refractivity contribution in [3.8, 4) is 0 Å². The molecule has 0 unspecified atom stereocenters. The summed E-state index contributed by atoms with van der Waals surface area (Å²) in [7, 11) is 0. The number of nitrogens with one attached hydrogen (secondary N) is 3. The molecule has 1 aromatic carbocycles. The van der Waals surface area contributed by atoms with E-state index < -0.39 is 23.5 Å². The third-order valence-electron chi connectivity index (χ3n) is 3.34. The number of amides is 4. The predicted molar refractivity (Wildman–Crippen MR) is 82.7 cm³/mol. The van der Waals surface area contributed by atoms with Crippen LogP contribution in [-0.2, 0) is 15.1 Å². The second-order valence-electron chi connectivity index (χ2n) is 5.52. The zero-order chi connectivity index (χ0) is 16.5. The van der Waals surface area contributed by atoms with Crippen LogP contribution in [0, 0.1) is 0 Å². The Morgan fingerprint density at radius 3 is 2.50 bits per heavy atom. The smallest absolute Gasteiger partial charge is 0.322 e. The standard InChI is InChI=1S/C14H15Cl2N3O3/c1-14(2,7-3-4-8(15)9(16)5-7)19-11(20)6-10-12(21)18-13(22)17-10/h3-5,10H,6H2,1-2H3,(H,19,20)(H2,17,18,21,22)/t10-/m1/s1. The average molecular weight is 344 g/mol. The third-order valence-corrected chi connectivity index (χ3v) is 4.08. The van der Waals surface area contributed by atoms with E-state index in [2.05, 4.69) is 16.0 Å². The van der Waals surface area contributed by atoms with E-state index in [1.165, 1.54) is 0 Å². The molecule has 1 heterocycles. The van der Waals surface area contributed by atoms with Gasteiger partial charge in [0.05, 0.1) is 22.0 Å². The van der Waals surface area contributed by atoms with Gasteiger partial charge in [-0.15, -0.1) is 0 Å². The molecule has 3 N–H and O–H groups in total. The van der Waals surface area contributed by atoms with Crippen LogP contribution in [0.2, 0.25) is 10.0 Å². The average Bonchev–Trinajstić information content (AvgIpc) is 2.70. The summed E-state index contributed by atoms with van der Waals surface area (Å²) in [4.78, 5) is 34.5. The molecule has 4 amide bonds. The van der Waals surface area contributed by atoms with Crippen LogP contribution in [0.15, 0.2) is 18.2 Å². The van der Waals surface area contributed by atoms with E-state index in [0.717, 1.165) is 5.56 Å². The van der Waals surface area contributed by atoms with Gasteiger partial charge in [-0.3, -0.25) is 14.9 Å². The first-order valence-corrected chi connectivity index (χ1v) is 7.32. The van der Waals surface area contributed by atoms with Gasteiger partial charge in [0.25, 0.3) is 5.91 Å². The number of urea groups is 1. The highest BCUT2D eigenvalue weighted by molar-refractivity contribution is 6.42. The summed E-state index contributed by atoms with van der Waals surface area (Å²) in [6, 6.07) is 3.65. The van der Waals surface area contributed by atoms with Crippen LogP contribution < -0.4 is 16.0 Å². The van der Waals surface area contributed by atoms with Crippen molar-refractivity contribution in [1.82, 2.24) is 16.0 Å². The predicted octanol–water partition coefficient (Wildman–Crippen LogP) is 1.94. The van der Waals surface area contributed by atoms with E-state index in [-0.39, 0.29) is 12.3 Å². The summed E-state index contributed by atoms with van der Waals surface area (Å²) < 4.78 is 0. The summed E-state index contributed by atoms with van der Waals surface area (Å²) in [6.45, 7) is 3.61. The van der Waals surface area contributed by atoms with Crippen molar-refractivity contribution in [3.63, 3.8) is 0 Å². The van der Waals surface area contributed by atoms with Crippen molar-refractivity contribution in [2.24, 2.45) is 0 Å². The van der Waals surface area contributed by atoms with Crippen molar-refractivity contribution in [3.05, 3.63) is 33.8 Å². The van der Waals surface area contributed by atoms with Gasteiger partial charge in [0.2, 0.25) is 5.91 Å². The Hall–Kier alpha value is -1.79. The van der Waals surface area contributed by atoms with Crippen LogP contribution in [0.3, 0.4) is 0 Å². The number of imide groups is 1. The normalized spacial score (nSPS) is 17.9. The van der Waals surface area contributed by atoms with Gasteiger partial charge >= 0.3 is 6.03 Å². The van der Waals surface area contributed by atoms with E-state index in [1.54, 1.807) is 32.0 Å². The molecule has 0 spiro atoms. The van der Waals surface area contributed by atoms with E-state index >= 15 is 0 Å². The Morgan fingerprint density at radius 2 is 1.95 bits per heavy atom. The van der Waals surface area contributed by atoms with Gasteiger partial charge in [0.15, 0.2) is 0 Å². The molecule has 8 heteroatoms. The molecule has 0 aromatic heterocycles. The van der Waals surface area contributed by atoms with Crippen LogP contribution in [-0.4, -0.2) is 23.9 Å². The minimum Gasteiger partial charge on any atom is -0.347 e. The second kappa shape index (κ2) is 6.14. The summed E-state index contributed by atoms with van der Waals surface area (Å²) in [5, 5.41) is 8.09. The topological polar surface area (TPSA) is 87.3 Å². The van der Waals surface area contributed by atoms with Crippen molar-refractivity contribution in [2.45, 2.75) is 31.8 Å². The summed E-state index contributed by atoms with van der Waals surface area (Å²) >= 11 is 11.9. The van der Waals surface area contributed by atoms with Crippen LogP contribution in [0.5, 0.6) is 0 Å². The number of halogens is 2. The lowest BCUT2D eigenvalue weighted by Gasteiger charge is -2.27. The lowest BCUT2D eigenvalue weighted by molar-refractivity contribution is -0.127. The van der Waals surface area contributed by atoms with Gasteiger partial charge in [-0.1, -0.05) is 29.3 Å². The van der Waals surface area contributed by atoms with Crippen molar-refractivity contribution >= 4 is 41.0 Å². The quantitative estimate of drug-likeness (QED) is 0.730. The lowest BCUT2D eigenvalue weighted by Crippen LogP contribution is -2.44. The maximum Gasteiger partial charge on any atom is 0.322 e. The van der Waals surface area contributed by atoms with E-state index in [9.17, 15) is 14.4 Å². The van der Waals surface area contributed by atoms with Gasteiger partial charge in [-0.05, 0) is 31.5 Å².